The molecule has 0 aliphatic heterocycles. The predicted octanol–water partition coefficient (Wildman–Crippen LogP) is 5.06. The Morgan fingerprint density at radius 3 is 1.58 bits per heavy atom. The highest BCUT2D eigenvalue weighted by atomic mass is 16.5. The van der Waals surface area contributed by atoms with E-state index in [4.69, 9.17) is 4.74 Å². The fourth-order valence-corrected chi connectivity index (χ4v) is 4.28. The van der Waals surface area contributed by atoms with Crippen LogP contribution in [0.5, 0.6) is 5.75 Å². The van der Waals surface area contributed by atoms with Gasteiger partial charge in [0.2, 0.25) is 0 Å². The van der Waals surface area contributed by atoms with Gasteiger partial charge < -0.3 is 9.84 Å². The molecule has 166 valence electrons. The minimum Gasteiger partial charge on any atom is -0.508 e. The Morgan fingerprint density at radius 1 is 0.758 bits per heavy atom. The third-order valence-electron chi connectivity index (χ3n) is 5.87. The number of methoxy groups -OCH3 is 1. The van der Waals surface area contributed by atoms with Crippen LogP contribution in [-0.2, 0) is 21.5 Å². The highest BCUT2D eigenvalue weighted by Crippen LogP contribution is 2.37. The van der Waals surface area contributed by atoms with Crippen molar-refractivity contribution in [3.63, 3.8) is 0 Å². The summed E-state index contributed by atoms with van der Waals surface area (Å²) in [6, 6.07) is 36.7. The maximum absolute atomic E-state index is 13.0. The van der Waals surface area contributed by atoms with Gasteiger partial charge in [0.1, 0.15) is 11.8 Å². The molecule has 0 bridgehead atoms. The summed E-state index contributed by atoms with van der Waals surface area (Å²) in [5.41, 5.74) is 3.17. The number of nitrogens with one attached hydrogen (secondary N) is 1. The number of carbonyl (C=O) groups is 1. The van der Waals surface area contributed by atoms with Gasteiger partial charge in [-0.1, -0.05) is 103 Å². The van der Waals surface area contributed by atoms with Crippen molar-refractivity contribution < 1.29 is 14.6 Å². The SMILES string of the molecule is COC(=O)C(Cc1ccc(O)cc1)NC(c1ccccc1)(c1ccccc1)c1ccccc1. The molecule has 4 heteroatoms. The first kappa shape index (κ1) is 22.3. The zero-order valence-electron chi connectivity index (χ0n) is 18.5. The lowest BCUT2D eigenvalue weighted by Crippen LogP contribution is -2.53. The summed E-state index contributed by atoms with van der Waals surface area (Å²) >= 11 is 0. The first-order valence-corrected chi connectivity index (χ1v) is 10.9. The zero-order chi connectivity index (χ0) is 23.1. The van der Waals surface area contributed by atoms with Gasteiger partial charge in [0.15, 0.2) is 0 Å². The molecular formula is C29H27NO3. The van der Waals surface area contributed by atoms with E-state index in [0.717, 1.165) is 22.3 Å². The summed E-state index contributed by atoms with van der Waals surface area (Å²) in [4.78, 5) is 13.0. The summed E-state index contributed by atoms with van der Waals surface area (Å²) < 4.78 is 5.21. The van der Waals surface area contributed by atoms with E-state index in [-0.39, 0.29) is 11.7 Å². The van der Waals surface area contributed by atoms with Crippen molar-refractivity contribution in [1.29, 1.82) is 0 Å². The molecule has 1 atom stereocenters. The lowest BCUT2D eigenvalue weighted by molar-refractivity contribution is -0.143. The number of carbonyl (C=O) groups excluding carboxylic acids is 1. The highest BCUT2D eigenvalue weighted by molar-refractivity contribution is 5.76. The number of benzene rings is 4. The second-order valence-corrected chi connectivity index (χ2v) is 7.94. The smallest absolute Gasteiger partial charge is 0.323 e. The molecule has 0 aliphatic rings. The van der Waals surface area contributed by atoms with Gasteiger partial charge in [-0.15, -0.1) is 0 Å². The van der Waals surface area contributed by atoms with Crippen LogP contribution in [0.1, 0.15) is 22.3 Å². The van der Waals surface area contributed by atoms with Crippen molar-refractivity contribution in [2.24, 2.45) is 0 Å². The van der Waals surface area contributed by atoms with E-state index in [0.29, 0.717) is 6.42 Å². The number of hydrogen-bond donors (Lipinski definition) is 2. The Hall–Kier alpha value is -3.89. The van der Waals surface area contributed by atoms with Crippen molar-refractivity contribution >= 4 is 5.97 Å². The summed E-state index contributed by atoms with van der Waals surface area (Å²) in [6.07, 6.45) is 0.404. The summed E-state index contributed by atoms with van der Waals surface area (Å²) in [6.45, 7) is 0. The Labute approximate surface area is 194 Å². The van der Waals surface area contributed by atoms with Crippen LogP contribution in [0, 0.1) is 0 Å². The van der Waals surface area contributed by atoms with Crippen LogP contribution in [0.15, 0.2) is 115 Å². The standard InChI is InChI=1S/C29H27NO3/c1-33-28(32)27(21-22-17-19-26(31)20-18-22)30-29(23-11-5-2-6-12-23,24-13-7-3-8-14-24)25-15-9-4-10-16-25/h2-20,27,30-31H,21H2,1H3. The van der Waals surface area contributed by atoms with Crippen molar-refractivity contribution in [2.45, 2.75) is 18.0 Å². The van der Waals surface area contributed by atoms with Crippen LogP contribution in [0.3, 0.4) is 0 Å². The maximum Gasteiger partial charge on any atom is 0.323 e. The fraction of sp³-hybridized carbons (Fsp3) is 0.138. The fourth-order valence-electron chi connectivity index (χ4n) is 4.28. The van der Waals surface area contributed by atoms with E-state index in [9.17, 15) is 9.90 Å². The first-order chi connectivity index (χ1) is 16.1. The molecule has 0 fully saturated rings. The molecule has 0 aromatic heterocycles. The summed E-state index contributed by atoms with van der Waals surface area (Å²) in [5, 5.41) is 13.4. The molecule has 0 spiro atoms. The molecule has 1 unspecified atom stereocenters. The van der Waals surface area contributed by atoms with E-state index in [1.165, 1.54) is 7.11 Å². The van der Waals surface area contributed by atoms with Crippen molar-refractivity contribution in [3.8, 4) is 5.75 Å². The van der Waals surface area contributed by atoms with Crippen molar-refractivity contribution in [1.82, 2.24) is 5.32 Å². The topological polar surface area (TPSA) is 58.6 Å². The second-order valence-electron chi connectivity index (χ2n) is 7.94. The number of ether oxygens (including phenoxy) is 1. The Kier molecular flexibility index (Phi) is 6.86. The van der Waals surface area contributed by atoms with Crippen molar-refractivity contribution in [2.75, 3.05) is 7.11 Å². The molecule has 0 amide bonds. The number of rotatable bonds is 8. The van der Waals surface area contributed by atoms with E-state index in [1.807, 2.05) is 66.7 Å². The van der Waals surface area contributed by atoms with E-state index >= 15 is 0 Å². The van der Waals surface area contributed by atoms with Crippen LogP contribution in [0.2, 0.25) is 0 Å². The Balaban J connectivity index is 1.89. The molecule has 4 rings (SSSR count). The lowest BCUT2D eigenvalue weighted by Gasteiger charge is -2.39. The largest absolute Gasteiger partial charge is 0.508 e. The Bertz CT molecular complexity index is 1060. The maximum atomic E-state index is 13.0. The molecule has 33 heavy (non-hydrogen) atoms. The zero-order valence-corrected chi connectivity index (χ0v) is 18.5. The summed E-state index contributed by atoms with van der Waals surface area (Å²) in [5.74, 6) is -0.163. The number of esters is 1. The third kappa shape index (κ3) is 4.81. The molecule has 4 aromatic rings. The van der Waals surface area contributed by atoms with E-state index in [2.05, 4.69) is 41.7 Å². The van der Waals surface area contributed by atoms with E-state index < -0.39 is 11.6 Å². The van der Waals surface area contributed by atoms with Gasteiger partial charge in [-0.25, -0.2) is 0 Å². The second kappa shape index (κ2) is 10.2. The number of phenols is 1. The number of hydrogen-bond acceptors (Lipinski definition) is 4. The van der Waals surface area contributed by atoms with Gasteiger partial charge in [-0.3, -0.25) is 10.1 Å². The number of aromatic hydroxyl groups is 1. The normalized spacial score (nSPS) is 12.2. The Morgan fingerprint density at radius 2 is 1.18 bits per heavy atom. The molecule has 4 nitrogen and oxygen atoms in total. The first-order valence-electron chi connectivity index (χ1n) is 10.9. The van der Waals surface area contributed by atoms with Gasteiger partial charge >= 0.3 is 5.97 Å². The van der Waals surface area contributed by atoms with Gasteiger partial charge in [0, 0.05) is 0 Å². The highest BCUT2D eigenvalue weighted by Gasteiger charge is 2.40. The van der Waals surface area contributed by atoms with Crippen molar-refractivity contribution in [3.05, 3.63) is 138 Å². The molecule has 0 heterocycles. The molecular weight excluding hydrogens is 410 g/mol. The van der Waals surface area contributed by atoms with Crippen LogP contribution in [0.25, 0.3) is 0 Å². The monoisotopic (exact) mass is 437 g/mol. The quantitative estimate of drug-likeness (QED) is 0.299. The van der Waals surface area contributed by atoms with Crippen LogP contribution >= 0.6 is 0 Å². The van der Waals surface area contributed by atoms with E-state index in [1.54, 1.807) is 12.1 Å². The van der Waals surface area contributed by atoms with Gasteiger partial charge in [-0.05, 0) is 40.8 Å². The van der Waals surface area contributed by atoms with Crippen LogP contribution in [-0.4, -0.2) is 24.2 Å². The molecule has 0 saturated heterocycles. The van der Waals surface area contributed by atoms with Crippen LogP contribution < -0.4 is 5.32 Å². The summed E-state index contributed by atoms with van der Waals surface area (Å²) in [7, 11) is 1.41. The van der Waals surface area contributed by atoms with Gasteiger partial charge in [-0.2, -0.15) is 0 Å². The molecule has 0 saturated carbocycles. The van der Waals surface area contributed by atoms with Gasteiger partial charge in [0.05, 0.1) is 12.6 Å². The number of phenolic OH excluding ortho intramolecular Hbond substituents is 1. The molecule has 2 N–H and O–H groups in total. The molecule has 0 radical (unpaired) electrons. The molecule has 4 aromatic carbocycles. The average molecular weight is 438 g/mol. The minimum atomic E-state index is -0.792. The average Bonchev–Trinajstić information content (AvgIpc) is 2.89. The lowest BCUT2D eigenvalue weighted by atomic mass is 9.76. The van der Waals surface area contributed by atoms with Crippen LogP contribution in [0.4, 0.5) is 0 Å². The van der Waals surface area contributed by atoms with Gasteiger partial charge in [0.25, 0.3) is 0 Å². The predicted molar refractivity (Wildman–Crippen MR) is 130 cm³/mol. The third-order valence-corrected chi connectivity index (χ3v) is 5.87. The molecule has 0 aliphatic carbocycles. The minimum absolute atomic E-state index is 0.188.